The molecule has 0 heterocycles. The Labute approximate surface area is 105 Å². The van der Waals surface area contributed by atoms with Gasteiger partial charge >= 0.3 is 12.0 Å². The zero-order valence-electron chi connectivity index (χ0n) is 10.4. The van der Waals surface area contributed by atoms with Crippen molar-refractivity contribution in [2.24, 2.45) is 0 Å². The number of nitrogens with one attached hydrogen (secondary N) is 2. The number of amides is 3. The molecule has 0 spiro atoms. The minimum Gasteiger partial charge on any atom is -0.480 e. The standard InChI is InChI=1S/C10H18N2O6/c1-7(2)18-4-3-11-10(16)12-8(13)5-17-6-9(14)15/h7H,3-6H2,1-2H3,(H,14,15)(H2,11,12,13,16). The Morgan fingerprint density at radius 2 is 1.89 bits per heavy atom. The molecule has 0 aliphatic carbocycles. The zero-order valence-corrected chi connectivity index (χ0v) is 10.4. The van der Waals surface area contributed by atoms with E-state index in [1.54, 1.807) is 0 Å². The summed E-state index contributed by atoms with van der Waals surface area (Å²) in [4.78, 5) is 32.3. The third-order valence-corrected chi connectivity index (χ3v) is 1.55. The lowest BCUT2D eigenvalue weighted by atomic mass is 10.5. The summed E-state index contributed by atoms with van der Waals surface area (Å²) in [6, 6.07) is -0.675. The highest BCUT2D eigenvalue weighted by molar-refractivity contribution is 5.94. The van der Waals surface area contributed by atoms with Crippen LogP contribution in [0.2, 0.25) is 0 Å². The summed E-state index contributed by atoms with van der Waals surface area (Å²) in [5.41, 5.74) is 0. The van der Waals surface area contributed by atoms with Crippen LogP contribution >= 0.6 is 0 Å². The predicted octanol–water partition coefficient (Wildman–Crippen LogP) is -0.662. The molecule has 0 saturated carbocycles. The first-order valence-corrected chi connectivity index (χ1v) is 5.40. The van der Waals surface area contributed by atoms with Gasteiger partial charge in [0.15, 0.2) is 0 Å². The summed E-state index contributed by atoms with van der Waals surface area (Å²) >= 11 is 0. The maximum atomic E-state index is 11.1. The van der Waals surface area contributed by atoms with Crippen LogP contribution in [-0.2, 0) is 19.1 Å². The van der Waals surface area contributed by atoms with Gasteiger partial charge in [-0.15, -0.1) is 0 Å². The molecule has 0 aromatic heterocycles. The van der Waals surface area contributed by atoms with Gasteiger partial charge in [0, 0.05) is 6.54 Å². The van der Waals surface area contributed by atoms with E-state index in [-0.39, 0.29) is 12.6 Å². The number of carbonyl (C=O) groups excluding carboxylic acids is 2. The van der Waals surface area contributed by atoms with E-state index in [1.807, 2.05) is 19.2 Å². The molecule has 3 amide bonds. The molecule has 8 heteroatoms. The fraction of sp³-hybridized carbons (Fsp3) is 0.700. The summed E-state index contributed by atoms with van der Waals surface area (Å²) in [5, 5.41) is 12.6. The molecule has 0 bridgehead atoms. The van der Waals surface area contributed by atoms with Crippen LogP contribution in [0.1, 0.15) is 13.8 Å². The number of carboxylic acids is 1. The molecular formula is C10H18N2O6. The molecule has 0 rings (SSSR count). The van der Waals surface area contributed by atoms with Crippen molar-refractivity contribution in [3.05, 3.63) is 0 Å². The van der Waals surface area contributed by atoms with Crippen molar-refractivity contribution in [3.8, 4) is 0 Å². The molecule has 18 heavy (non-hydrogen) atoms. The van der Waals surface area contributed by atoms with Gasteiger partial charge in [-0.2, -0.15) is 0 Å². The second-order valence-electron chi connectivity index (χ2n) is 3.61. The summed E-state index contributed by atoms with van der Waals surface area (Å²) in [6.07, 6.45) is 0.0703. The largest absolute Gasteiger partial charge is 0.480 e. The van der Waals surface area contributed by atoms with Gasteiger partial charge in [0.1, 0.15) is 13.2 Å². The molecule has 0 aliphatic heterocycles. The van der Waals surface area contributed by atoms with Gasteiger partial charge in [-0.25, -0.2) is 9.59 Å². The van der Waals surface area contributed by atoms with Crippen molar-refractivity contribution in [2.75, 3.05) is 26.4 Å². The number of rotatable bonds is 8. The predicted molar refractivity (Wildman–Crippen MR) is 61.1 cm³/mol. The van der Waals surface area contributed by atoms with Crippen molar-refractivity contribution >= 4 is 17.9 Å². The molecule has 3 N–H and O–H groups in total. The van der Waals surface area contributed by atoms with Crippen LogP contribution in [0, 0.1) is 0 Å². The molecule has 0 aromatic rings. The molecular weight excluding hydrogens is 244 g/mol. The van der Waals surface area contributed by atoms with E-state index in [0.717, 1.165) is 0 Å². The lowest BCUT2D eigenvalue weighted by molar-refractivity contribution is -0.143. The topological polar surface area (TPSA) is 114 Å². The molecule has 0 saturated heterocycles. The third-order valence-electron chi connectivity index (χ3n) is 1.55. The molecule has 0 radical (unpaired) electrons. The quantitative estimate of drug-likeness (QED) is 0.500. The van der Waals surface area contributed by atoms with Gasteiger partial charge in [-0.3, -0.25) is 10.1 Å². The van der Waals surface area contributed by atoms with E-state index in [0.29, 0.717) is 6.61 Å². The van der Waals surface area contributed by atoms with Crippen molar-refractivity contribution in [2.45, 2.75) is 20.0 Å². The molecule has 8 nitrogen and oxygen atoms in total. The van der Waals surface area contributed by atoms with Crippen LogP contribution in [0.25, 0.3) is 0 Å². The van der Waals surface area contributed by atoms with Crippen molar-refractivity contribution < 1.29 is 29.0 Å². The highest BCUT2D eigenvalue weighted by Gasteiger charge is 2.08. The highest BCUT2D eigenvalue weighted by Crippen LogP contribution is 1.84. The molecule has 104 valence electrons. The maximum absolute atomic E-state index is 11.1. The summed E-state index contributed by atoms with van der Waals surface area (Å²) in [6.45, 7) is 3.27. The van der Waals surface area contributed by atoms with Gasteiger partial charge in [0.05, 0.1) is 12.7 Å². The van der Waals surface area contributed by atoms with E-state index < -0.39 is 31.1 Å². The summed E-state index contributed by atoms with van der Waals surface area (Å²) in [5.74, 6) is -1.89. The fourth-order valence-electron chi connectivity index (χ4n) is 0.897. The number of carbonyl (C=O) groups is 3. The minimum atomic E-state index is -1.18. The summed E-state index contributed by atoms with van der Waals surface area (Å²) in [7, 11) is 0. The van der Waals surface area contributed by atoms with E-state index in [9.17, 15) is 14.4 Å². The van der Waals surface area contributed by atoms with Crippen LogP contribution < -0.4 is 10.6 Å². The average Bonchev–Trinajstić information content (AvgIpc) is 2.23. The Bertz CT molecular complexity index is 292. The molecule has 0 aromatic carbocycles. The first-order chi connectivity index (χ1) is 8.41. The van der Waals surface area contributed by atoms with Crippen molar-refractivity contribution in [3.63, 3.8) is 0 Å². The van der Waals surface area contributed by atoms with Gasteiger partial charge in [-0.1, -0.05) is 0 Å². The maximum Gasteiger partial charge on any atom is 0.329 e. The number of urea groups is 1. The van der Waals surface area contributed by atoms with Gasteiger partial charge in [0.2, 0.25) is 0 Å². The van der Waals surface area contributed by atoms with E-state index in [1.165, 1.54) is 0 Å². The molecule has 0 atom stereocenters. The Hall–Kier alpha value is -1.67. The van der Waals surface area contributed by atoms with Crippen molar-refractivity contribution in [1.29, 1.82) is 0 Å². The fourth-order valence-corrected chi connectivity index (χ4v) is 0.897. The zero-order chi connectivity index (χ0) is 14.0. The van der Waals surface area contributed by atoms with Crippen LogP contribution in [0.4, 0.5) is 4.79 Å². The Morgan fingerprint density at radius 3 is 2.44 bits per heavy atom. The second-order valence-corrected chi connectivity index (χ2v) is 3.61. The monoisotopic (exact) mass is 262 g/mol. The van der Waals surface area contributed by atoms with E-state index >= 15 is 0 Å². The first-order valence-electron chi connectivity index (χ1n) is 5.40. The van der Waals surface area contributed by atoms with Crippen LogP contribution in [-0.4, -0.2) is 55.5 Å². The third kappa shape index (κ3) is 10.8. The number of imide groups is 1. The Morgan fingerprint density at radius 1 is 1.22 bits per heavy atom. The van der Waals surface area contributed by atoms with Crippen LogP contribution in [0.5, 0.6) is 0 Å². The van der Waals surface area contributed by atoms with Crippen molar-refractivity contribution in [1.82, 2.24) is 10.6 Å². The Kier molecular flexibility index (Phi) is 8.50. The first kappa shape index (κ1) is 16.3. The lowest BCUT2D eigenvalue weighted by Crippen LogP contribution is -2.42. The number of aliphatic carboxylic acids is 1. The number of carboxylic acid groups (broad SMARTS) is 1. The molecule has 0 fully saturated rings. The number of hydrogen-bond acceptors (Lipinski definition) is 5. The lowest BCUT2D eigenvalue weighted by Gasteiger charge is -2.09. The van der Waals surface area contributed by atoms with E-state index in [4.69, 9.17) is 9.84 Å². The van der Waals surface area contributed by atoms with Gasteiger partial charge in [-0.05, 0) is 13.8 Å². The minimum absolute atomic E-state index is 0.0703. The number of hydrogen-bond donors (Lipinski definition) is 3. The van der Waals surface area contributed by atoms with Gasteiger partial charge < -0.3 is 19.9 Å². The Balaban J connectivity index is 3.55. The highest BCUT2D eigenvalue weighted by atomic mass is 16.5. The smallest absolute Gasteiger partial charge is 0.329 e. The average molecular weight is 262 g/mol. The second kappa shape index (κ2) is 9.37. The SMILES string of the molecule is CC(C)OCCNC(=O)NC(=O)COCC(=O)O. The van der Waals surface area contributed by atoms with Crippen LogP contribution in [0.15, 0.2) is 0 Å². The van der Waals surface area contributed by atoms with E-state index in [2.05, 4.69) is 10.1 Å². The summed E-state index contributed by atoms with van der Waals surface area (Å²) < 4.78 is 9.67. The molecule has 0 aliphatic rings. The number of ether oxygens (including phenoxy) is 2. The van der Waals surface area contributed by atoms with Crippen LogP contribution in [0.3, 0.4) is 0 Å². The van der Waals surface area contributed by atoms with Gasteiger partial charge in [0.25, 0.3) is 5.91 Å². The molecule has 0 unspecified atom stereocenters. The normalized spacial score (nSPS) is 10.2.